The minimum absolute atomic E-state index is 0.532. The van der Waals surface area contributed by atoms with E-state index in [4.69, 9.17) is 9.47 Å². The fourth-order valence-electron chi connectivity index (χ4n) is 2.01. The summed E-state index contributed by atoms with van der Waals surface area (Å²) in [4.78, 5) is 0. The molecular formula is C12H22O3. The van der Waals surface area contributed by atoms with Gasteiger partial charge in [-0.25, -0.2) is 0 Å². The zero-order chi connectivity index (χ0) is 11.1. The van der Waals surface area contributed by atoms with Gasteiger partial charge in [0.15, 0.2) is 6.29 Å². The molecule has 0 radical (unpaired) electrons. The summed E-state index contributed by atoms with van der Waals surface area (Å²) in [5.41, 5.74) is 1.07. The Morgan fingerprint density at radius 3 is 2.47 bits per heavy atom. The van der Waals surface area contributed by atoms with E-state index in [9.17, 15) is 5.11 Å². The van der Waals surface area contributed by atoms with Gasteiger partial charge in [0, 0.05) is 14.2 Å². The van der Waals surface area contributed by atoms with Gasteiger partial charge < -0.3 is 14.6 Å². The Labute approximate surface area is 92.1 Å². The fraction of sp³-hybridized carbons (Fsp3) is 0.833. The van der Waals surface area contributed by atoms with E-state index >= 15 is 0 Å². The Bertz CT molecular complexity index is 197. The van der Waals surface area contributed by atoms with E-state index in [1.54, 1.807) is 14.2 Å². The number of hydrogen-bond acceptors (Lipinski definition) is 3. The third kappa shape index (κ3) is 3.93. The van der Waals surface area contributed by atoms with Crippen molar-refractivity contribution < 1.29 is 14.6 Å². The summed E-state index contributed by atoms with van der Waals surface area (Å²) in [6, 6.07) is 0. The lowest BCUT2D eigenvalue weighted by atomic mass is 9.96. The van der Waals surface area contributed by atoms with Crippen molar-refractivity contribution in [3.63, 3.8) is 0 Å². The highest BCUT2D eigenvalue weighted by molar-refractivity contribution is 5.09. The summed E-state index contributed by atoms with van der Waals surface area (Å²) >= 11 is 0. The molecule has 1 unspecified atom stereocenters. The van der Waals surface area contributed by atoms with E-state index in [-0.39, 0.29) is 0 Å². The monoisotopic (exact) mass is 214 g/mol. The van der Waals surface area contributed by atoms with Gasteiger partial charge >= 0.3 is 0 Å². The van der Waals surface area contributed by atoms with E-state index in [1.807, 2.05) is 0 Å². The van der Waals surface area contributed by atoms with Crippen LogP contribution in [0.5, 0.6) is 0 Å². The van der Waals surface area contributed by atoms with Gasteiger partial charge in [-0.15, -0.1) is 0 Å². The van der Waals surface area contributed by atoms with Crippen LogP contribution in [0.25, 0.3) is 0 Å². The van der Waals surface area contributed by atoms with Crippen LogP contribution >= 0.6 is 0 Å². The summed E-state index contributed by atoms with van der Waals surface area (Å²) in [6.45, 7) is 0. The van der Waals surface area contributed by atoms with Crippen LogP contribution in [0.15, 0.2) is 11.6 Å². The molecule has 1 rings (SSSR count). The van der Waals surface area contributed by atoms with Crippen LogP contribution in [-0.2, 0) is 9.47 Å². The molecule has 0 bridgehead atoms. The van der Waals surface area contributed by atoms with Crippen molar-refractivity contribution in [3.05, 3.63) is 11.6 Å². The lowest BCUT2D eigenvalue weighted by Gasteiger charge is -2.23. The summed E-state index contributed by atoms with van der Waals surface area (Å²) in [5.74, 6) is 0. The smallest absolute Gasteiger partial charge is 0.186 e. The molecular weight excluding hydrogens is 192 g/mol. The fourth-order valence-corrected chi connectivity index (χ4v) is 2.01. The molecule has 0 aliphatic heterocycles. The third-order valence-electron chi connectivity index (χ3n) is 2.93. The second kappa shape index (κ2) is 6.99. The van der Waals surface area contributed by atoms with Gasteiger partial charge in [0.25, 0.3) is 0 Å². The maximum absolute atomic E-state index is 10.0. The topological polar surface area (TPSA) is 38.7 Å². The normalized spacial score (nSPS) is 20.7. The van der Waals surface area contributed by atoms with Crippen molar-refractivity contribution in [1.82, 2.24) is 0 Å². The van der Waals surface area contributed by atoms with Crippen LogP contribution < -0.4 is 0 Å². The van der Waals surface area contributed by atoms with E-state index in [0.29, 0.717) is 0 Å². The standard InChI is InChI=1S/C12H22O3/c1-14-12(15-2)11(13)10-8-6-4-3-5-7-9-10/h8,11-13H,3-7,9H2,1-2H3. The van der Waals surface area contributed by atoms with Crippen LogP contribution in [0, 0.1) is 0 Å². The summed E-state index contributed by atoms with van der Waals surface area (Å²) in [5, 5.41) is 10.0. The predicted octanol–water partition coefficient (Wildman–Crippen LogP) is 2.25. The number of rotatable bonds is 4. The molecule has 0 fully saturated rings. The molecule has 0 aromatic rings. The van der Waals surface area contributed by atoms with Crippen LogP contribution in [0.4, 0.5) is 0 Å². The molecule has 15 heavy (non-hydrogen) atoms. The van der Waals surface area contributed by atoms with Crippen molar-refractivity contribution in [2.24, 2.45) is 0 Å². The van der Waals surface area contributed by atoms with E-state index in [0.717, 1.165) is 24.8 Å². The molecule has 0 aromatic carbocycles. The Balaban J connectivity index is 2.57. The van der Waals surface area contributed by atoms with Gasteiger partial charge in [0.1, 0.15) is 6.10 Å². The van der Waals surface area contributed by atoms with Gasteiger partial charge in [-0.2, -0.15) is 0 Å². The largest absolute Gasteiger partial charge is 0.383 e. The van der Waals surface area contributed by atoms with Crippen LogP contribution in [0.3, 0.4) is 0 Å². The SMILES string of the molecule is COC(OC)C(O)C1=CCCCCCC1. The lowest BCUT2D eigenvalue weighted by Crippen LogP contribution is -2.31. The molecule has 3 heteroatoms. The van der Waals surface area contributed by atoms with Crippen LogP contribution in [0.1, 0.15) is 38.5 Å². The van der Waals surface area contributed by atoms with E-state index in [2.05, 4.69) is 6.08 Å². The zero-order valence-electron chi connectivity index (χ0n) is 9.74. The van der Waals surface area contributed by atoms with E-state index in [1.165, 1.54) is 19.3 Å². The summed E-state index contributed by atoms with van der Waals surface area (Å²) in [6.07, 6.45) is 7.97. The van der Waals surface area contributed by atoms with Crippen LogP contribution in [0.2, 0.25) is 0 Å². The van der Waals surface area contributed by atoms with Gasteiger partial charge in [0.2, 0.25) is 0 Å². The number of aliphatic hydroxyl groups excluding tert-OH is 1. The highest BCUT2D eigenvalue weighted by Gasteiger charge is 2.22. The van der Waals surface area contributed by atoms with Crippen molar-refractivity contribution >= 4 is 0 Å². The molecule has 1 aliphatic rings. The molecule has 1 atom stereocenters. The minimum atomic E-state index is -0.613. The molecule has 0 saturated heterocycles. The lowest BCUT2D eigenvalue weighted by molar-refractivity contribution is -0.153. The first kappa shape index (κ1) is 12.7. The molecule has 0 saturated carbocycles. The minimum Gasteiger partial charge on any atom is -0.383 e. The number of ether oxygens (including phenoxy) is 2. The molecule has 1 aliphatic carbocycles. The summed E-state index contributed by atoms with van der Waals surface area (Å²) in [7, 11) is 3.11. The number of hydrogen-bond donors (Lipinski definition) is 1. The Morgan fingerprint density at radius 2 is 1.80 bits per heavy atom. The molecule has 0 heterocycles. The van der Waals surface area contributed by atoms with Gasteiger partial charge in [0.05, 0.1) is 0 Å². The van der Waals surface area contributed by atoms with Crippen molar-refractivity contribution in [2.75, 3.05) is 14.2 Å². The first-order chi connectivity index (χ1) is 7.29. The molecule has 88 valence electrons. The third-order valence-corrected chi connectivity index (χ3v) is 2.93. The molecule has 0 aromatic heterocycles. The number of allylic oxidation sites excluding steroid dienone is 1. The quantitative estimate of drug-likeness (QED) is 0.576. The molecule has 0 amide bonds. The zero-order valence-corrected chi connectivity index (χ0v) is 9.74. The Kier molecular flexibility index (Phi) is 5.91. The second-order valence-corrected chi connectivity index (χ2v) is 4.02. The Hall–Kier alpha value is -0.380. The van der Waals surface area contributed by atoms with Crippen molar-refractivity contribution in [2.45, 2.75) is 50.9 Å². The average Bonchev–Trinajstić information content (AvgIpc) is 2.18. The molecule has 3 nitrogen and oxygen atoms in total. The van der Waals surface area contributed by atoms with E-state index < -0.39 is 12.4 Å². The Morgan fingerprint density at radius 1 is 1.13 bits per heavy atom. The van der Waals surface area contributed by atoms with Gasteiger partial charge in [-0.05, 0) is 31.3 Å². The maximum Gasteiger partial charge on any atom is 0.186 e. The van der Waals surface area contributed by atoms with Crippen LogP contribution in [-0.4, -0.2) is 31.7 Å². The van der Waals surface area contributed by atoms with Crippen molar-refractivity contribution in [3.8, 4) is 0 Å². The average molecular weight is 214 g/mol. The first-order valence-electron chi connectivity index (χ1n) is 5.72. The highest BCUT2D eigenvalue weighted by Crippen LogP contribution is 2.22. The number of methoxy groups -OCH3 is 2. The predicted molar refractivity (Wildman–Crippen MR) is 59.6 cm³/mol. The highest BCUT2D eigenvalue weighted by atomic mass is 16.7. The molecule has 0 spiro atoms. The summed E-state index contributed by atoms with van der Waals surface area (Å²) < 4.78 is 10.1. The van der Waals surface area contributed by atoms with Gasteiger partial charge in [-0.3, -0.25) is 0 Å². The maximum atomic E-state index is 10.0. The van der Waals surface area contributed by atoms with Crippen molar-refractivity contribution in [1.29, 1.82) is 0 Å². The number of aliphatic hydroxyl groups is 1. The van der Waals surface area contributed by atoms with Gasteiger partial charge in [-0.1, -0.05) is 18.9 Å². The first-order valence-corrected chi connectivity index (χ1v) is 5.72. The molecule has 1 N–H and O–H groups in total. The second-order valence-electron chi connectivity index (χ2n) is 4.02.